The molecule has 0 aliphatic carbocycles. The van der Waals surface area contributed by atoms with E-state index in [0.717, 1.165) is 24.8 Å². The van der Waals surface area contributed by atoms with Crippen molar-refractivity contribution in [3.8, 4) is 22.6 Å². The van der Waals surface area contributed by atoms with Gasteiger partial charge >= 0.3 is 0 Å². The van der Waals surface area contributed by atoms with Crippen LogP contribution in [0.5, 0.6) is 11.5 Å². The Morgan fingerprint density at radius 2 is 1.72 bits per heavy atom. The number of aliphatic hydroxyl groups is 1. The summed E-state index contributed by atoms with van der Waals surface area (Å²) in [5.74, 6) is -0.570. The van der Waals surface area contributed by atoms with E-state index in [4.69, 9.17) is 4.74 Å². The summed E-state index contributed by atoms with van der Waals surface area (Å²) in [5, 5.41) is 26.3. The van der Waals surface area contributed by atoms with Gasteiger partial charge in [-0.05, 0) is 84.1 Å². The van der Waals surface area contributed by atoms with Crippen LogP contribution in [-0.2, 0) is 0 Å². The van der Waals surface area contributed by atoms with Crippen molar-refractivity contribution in [3.63, 3.8) is 0 Å². The van der Waals surface area contributed by atoms with Crippen molar-refractivity contribution in [3.05, 3.63) is 95.6 Å². The number of aliphatic hydroxyl groups excluding tert-OH is 1. The van der Waals surface area contributed by atoms with Gasteiger partial charge in [-0.3, -0.25) is 0 Å². The third kappa shape index (κ3) is 5.20. The minimum atomic E-state index is -1.09. The van der Waals surface area contributed by atoms with Gasteiger partial charge in [0.15, 0.2) is 0 Å². The van der Waals surface area contributed by atoms with Gasteiger partial charge < -0.3 is 20.3 Å². The van der Waals surface area contributed by atoms with Gasteiger partial charge in [-0.15, -0.1) is 0 Å². The number of nitrogens with one attached hydrogen (secondary N) is 1. The fraction of sp³-hybridized carbons (Fsp3) is 0.267. The Balaban J connectivity index is 1.44. The van der Waals surface area contributed by atoms with Crippen molar-refractivity contribution in [1.29, 1.82) is 0 Å². The lowest BCUT2D eigenvalue weighted by atomic mass is 9.88. The Morgan fingerprint density at radius 3 is 2.47 bits per heavy atom. The van der Waals surface area contributed by atoms with Crippen LogP contribution in [0.3, 0.4) is 0 Å². The van der Waals surface area contributed by atoms with Crippen LogP contribution in [0, 0.1) is 11.6 Å². The largest absolute Gasteiger partial charge is 0.508 e. The summed E-state index contributed by atoms with van der Waals surface area (Å²) in [6, 6.07) is 19.4. The quantitative estimate of drug-likeness (QED) is 0.278. The van der Waals surface area contributed by atoms with E-state index in [9.17, 15) is 19.0 Å². The molecule has 0 spiro atoms. The Hall–Kier alpha value is -3.48. The first-order valence-corrected chi connectivity index (χ1v) is 12.3. The summed E-state index contributed by atoms with van der Waals surface area (Å²) >= 11 is 0. The molecule has 186 valence electrons. The van der Waals surface area contributed by atoms with Crippen LogP contribution < -0.4 is 10.1 Å². The van der Waals surface area contributed by atoms with Gasteiger partial charge in [-0.2, -0.15) is 0 Å². The average molecular weight is 490 g/mol. The van der Waals surface area contributed by atoms with E-state index >= 15 is 0 Å². The van der Waals surface area contributed by atoms with Crippen LogP contribution >= 0.6 is 0 Å². The summed E-state index contributed by atoms with van der Waals surface area (Å²) < 4.78 is 34.3. The van der Waals surface area contributed by atoms with Crippen molar-refractivity contribution in [1.82, 2.24) is 5.32 Å². The molecule has 2 atom stereocenters. The molecule has 1 saturated heterocycles. The van der Waals surface area contributed by atoms with Crippen LogP contribution in [-0.4, -0.2) is 29.4 Å². The van der Waals surface area contributed by atoms with E-state index in [1.165, 1.54) is 37.5 Å². The smallest absolute Gasteiger partial charge is 0.133 e. The van der Waals surface area contributed by atoms with Crippen LogP contribution in [0.15, 0.2) is 72.8 Å². The van der Waals surface area contributed by atoms with Crippen molar-refractivity contribution < 1.29 is 23.7 Å². The van der Waals surface area contributed by atoms with E-state index in [0.29, 0.717) is 40.1 Å². The molecule has 0 bridgehead atoms. The number of phenolic OH excluding ortho intramolecular Hbond substituents is 1. The van der Waals surface area contributed by atoms with E-state index in [1.54, 1.807) is 36.4 Å². The Labute approximate surface area is 209 Å². The van der Waals surface area contributed by atoms with Crippen LogP contribution in [0.2, 0.25) is 0 Å². The van der Waals surface area contributed by atoms with Crippen molar-refractivity contribution in [2.45, 2.75) is 37.8 Å². The van der Waals surface area contributed by atoms with Gasteiger partial charge in [0.05, 0.1) is 6.61 Å². The molecular weight excluding hydrogens is 460 g/mol. The molecule has 6 heteroatoms. The molecule has 36 heavy (non-hydrogen) atoms. The number of rotatable bonds is 7. The van der Waals surface area contributed by atoms with Gasteiger partial charge in [0.2, 0.25) is 0 Å². The minimum Gasteiger partial charge on any atom is -0.508 e. The fourth-order valence-corrected chi connectivity index (χ4v) is 4.98. The Kier molecular flexibility index (Phi) is 7.16. The summed E-state index contributed by atoms with van der Waals surface area (Å²) in [7, 11) is 0. The number of hydrogen-bond acceptors (Lipinski definition) is 4. The fourth-order valence-electron chi connectivity index (χ4n) is 4.98. The molecule has 2 unspecified atom stereocenters. The lowest BCUT2D eigenvalue weighted by molar-refractivity contribution is 0.222. The number of halogens is 2. The lowest BCUT2D eigenvalue weighted by Crippen LogP contribution is -2.35. The molecular formula is C30H29F2NO3. The Morgan fingerprint density at radius 1 is 0.917 bits per heavy atom. The van der Waals surface area contributed by atoms with Gasteiger partial charge in [-0.1, -0.05) is 36.8 Å². The highest BCUT2D eigenvalue weighted by Gasteiger charge is 2.21. The minimum absolute atomic E-state index is 0.0913. The molecule has 1 heterocycles. The SMILES string of the molecule is Oc1ccc2c(C(O)c3ccc(OCCC4CCCCN4)cc3)c(-c3ccc(F)cc3F)ccc2c1. The number of ether oxygens (including phenoxy) is 1. The summed E-state index contributed by atoms with van der Waals surface area (Å²) in [6.45, 7) is 1.68. The monoisotopic (exact) mass is 489 g/mol. The van der Waals surface area contributed by atoms with Crippen molar-refractivity contribution in [2.24, 2.45) is 0 Å². The van der Waals surface area contributed by atoms with Crippen molar-refractivity contribution >= 4 is 10.8 Å². The average Bonchev–Trinajstić information content (AvgIpc) is 2.89. The van der Waals surface area contributed by atoms with E-state index in [1.807, 2.05) is 12.1 Å². The zero-order valence-electron chi connectivity index (χ0n) is 19.9. The molecule has 4 aromatic carbocycles. The topological polar surface area (TPSA) is 61.7 Å². The molecule has 1 fully saturated rings. The summed E-state index contributed by atoms with van der Waals surface area (Å²) in [4.78, 5) is 0. The first-order chi connectivity index (χ1) is 17.5. The highest BCUT2D eigenvalue weighted by Crippen LogP contribution is 2.39. The molecule has 0 amide bonds. The highest BCUT2D eigenvalue weighted by atomic mass is 19.1. The predicted molar refractivity (Wildman–Crippen MR) is 137 cm³/mol. The van der Waals surface area contributed by atoms with Crippen LogP contribution in [0.4, 0.5) is 8.78 Å². The molecule has 4 nitrogen and oxygen atoms in total. The second-order valence-corrected chi connectivity index (χ2v) is 9.31. The first-order valence-electron chi connectivity index (χ1n) is 12.3. The van der Waals surface area contributed by atoms with E-state index in [2.05, 4.69) is 5.32 Å². The number of piperidine rings is 1. The maximum atomic E-state index is 14.8. The molecule has 3 N–H and O–H groups in total. The van der Waals surface area contributed by atoms with Gasteiger partial charge in [-0.25, -0.2) is 8.78 Å². The molecule has 4 aromatic rings. The molecule has 0 saturated carbocycles. The van der Waals surface area contributed by atoms with E-state index in [-0.39, 0.29) is 11.3 Å². The zero-order valence-corrected chi connectivity index (χ0v) is 19.9. The van der Waals surface area contributed by atoms with Crippen LogP contribution in [0.25, 0.3) is 21.9 Å². The first kappa shape index (κ1) is 24.2. The predicted octanol–water partition coefficient (Wildman–Crippen LogP) is 6.48. The maximum absolute atomic E-state index is 14.8. The highest BCUT2D eigenvalue weighted by molar-refractivity contribution is 5.93. The number of benzene rings is 4. The van der Waals surface area contributed by atoms with Gasteiger partial charge in [0.1, 0.15) is 29.2 Å². The zero-order chi connectivity index (χ0) is 25.1. The number of aromatic hydroxyl groups is 1. The number of hydrogen-bond donors (Lipinski definition) is 3. The molecule has 1 aliphatic rings. The normalized spacial score (nSPS) is 16.7. The summed E-state index contributed by atoms with van der Waals surface area (Å²) in [5.41, 5.74) is 1.74. The second-order valence-electron chi connectivity index (χ2n) is 9.31. The van der Waals surface area contributed by atoms with Gasteiger partial charge in [0, 0.05) is 23.2 Å². The number of fused-ring (bicyclic) bond motifs is 1. The lowest BCUT2D eigenvalue weighted by Gasteiger charge is -2.23. The molecule has 5 rings (SSSR count). The van der Waals surface area contributed by atoms with E-state index < -0.39 is 17.7 Å². The second kappa shape index (κ2) is 10.6. The summed E-state index contributed by atoms with van der Waals surface area (Å²) in [6.07, 6.45) is 3.52. The molecule has 1 aliphatic heterocycles. The third-order valence-electron chi connectivity index (χ3n) is 6.88. The molecule has 0 radical (unpaired) electrons. The van der Waals surface area contributed by atoms with Crippen molar-refractivity contribution in [2.75, 3.05) is 13.2 Å². The number of phenols is 1. The molecule has 0 aromatic heterocycles. The van der Waals surface area contributed by atoms with Gasteiger partial charge in [0.25, 0.3) is 0 Å². The Bertz CT molecular complexity index is 1350. The third-order valence-corrected chi connectivity index (χ3v) is 6.88. The standard InChI is InChI=1S/C30H29F2NO3/c31-21-7-12-26(28(32)18-21)27-11-6-20-17-23(34)8-13-25(20)29(27)30(35)19-4-9-24(10-5-19)36-16-14-22-3-1-2-15-33-22/h4-13,17-18,22,30,33-35H,1-3,14-16H2. The maximum Gasteiger partial charge on any atom is 0.133 e. The van der Waals surface area contributed by atoms with Crippen LogP contribution in [0.1, 0.15) is 42.9 Å².